The summed E-state index contributed by atoms with van der Waals surface area (Å²) in [5.74, 6) is -1.35. The minimum Gasteiger partial charge on any atom is -0.493 e. The second kappa shape index (κ2) is 9.41. The molecular formula is C21H24N2O9S2. The lowest BCUT2D eigenvalue weighted by molar-refractivity contribution is -0.159. The Morgan fingerprint density at radius 1 is 1.18 bits per heavy atom. The first-order valence-corrected chi connectivity index (χ1v) is 12.4. The molecule has 11 nitrogen and oxygen atoms in total. The van der Waals surface area contributed by atoms with E-state index in [1.807, 2.05) is 37.3 Å². The van der Waals surface area contributed by atoms with Gasteiger partial charge in [0.15, 0.2) is 0 Å². The summed E-state index contributed by atoms with van der Waals surface area (Å²) in [4.78, 5) is 38.9. The van der Waals surface area contributed by atoms with E-state index in [1.165, 1.54) is 16.7 Å². The van der Waals surface area contributed by atoms with E-state index in [2.05, 4.69) is 5.32 Å². The number of rotatable bonds is 5. The van der Waals surface area contributed by atoms with Crippen LogP contribution in [0, 0.1) is 0 Å². The Hall–Kier alpha value is -2.87. The van der Waals surface area contributed by atoms with E-state index in [1.54, 1.807) is 19.9 Å². The molecule has 2 fully saturated rings. The highest BCUT2D eigenvalue weighted by Gasteiger charge is 2.64. The predicted molar refractivity (Wildman–Crippen MR) is 124 cm³/mol. The van der Waals surface area contributed by atoms with Gasteiger partial charge in [0.05, 0.1) is 12.2 Å². The second-order valence-corrected chi connectivity index (χ2v) is 10.8. The van der Waals surface area contributed by atoms with Crippen LogP contribution < -0.4 is 10.1 Å². The lowest BCUT2D eigenvalue weighted by Gasteiger charge is -2.43. The molecule has 3 atom stereocenters. The number of nitrogens with zero attached hydrogens (tertiary/aromatic N) is 1. The van der Waals surface area contributed by atoms with Gasteiger partial charge in [-0.1, -0.05) is 30.3 Å². The van der Waals surface area contributed by atoms with E-state index >= 15 is 0 Å². The summed E-state index contributed by atoms with van der Waals surface area (Å²) in [7, 11) is -4.67. The minimum atomic E-state index is -4.67. The maximum Gasteiger partial charge on any atom is 0.394 e. The number of carboxylic acids is 1. The summed E-state index contributed by atoms with van der Waals surface area (Å²) >= 11 is 1.40. The van der Waals surface area contributed by atoms with Crippen molar-refractivity contribution in [3.05, 3.63) is 42.0 Å². The lowest BCUT2D eigenvalue weighted by Crippen LogP contribution is -2.70. The number of ether oxygens (including phenoxy) is 1. The van der Waals surface area contributed by atoms with Crippen LogP contribution in [0.4, 0.5) is 0 Å². The Balaban J connectivity index is 0.000000588. The largest absolute Gasteiger partial charge is 0.493 e. The third-order valence-corrected chi connectivity index (χ3v) is 6.95. The Labute approximate surface area is 200 Å². The average molecular weight is 513 g/mol. The summed E-state index contributed by atoms with van der Waals surface area (Å²) in [6.07, 6.45) is 0. The molecule has 4 N–H and O–H groups in total. The molecule has 2 amide bonds. The van der Waals surface area contributed by atoms with Gasteiger partial charge in [0.1, 0.15) is 23.2 Å². The molecule has 0 aliphatic carbocycles. The molecule has 2 heterocycles. The summed E-state index contributed by atoms with van der Waals surface area (Å²) < 4.78 is 36.6. The fourth-order valence-corrected chi connectivity index (χ4v) is 5.75. The first-order chi connectivity index (χ1) is 15.8. The molecule has 4 rings (SSSR count). The van der Waals surface area contributed by atoms with Crippen LogP contribution >= 0.6 is 11.8 Å². The number of β-lactam (4-membered cyclic amide) rings is 1. The quantitative estimate of drug-likeness (QED) is 0.342. The highest BCUT2D eigenvalue weighted by molar-refractivity contribution is 8.01. The van der Waals surface area contributed by atoms with Crippen molar-refractivity contribution in [2.24, 2.45) is 0 Å². The van der Waals surface area contributed by atoms with Crippen LogP contribution in [-0.2, 0) is 20.0 Å². The number of benzene rings is 2. The highest BCUT2D eigenvalue weighted by Crippen LogP contribution is 2.50. The van der Waals surface area contributed by atoms with Crippen LogP contribution in [-0.4, -0.2) is 74.1 Å². The molecule has 0 saturated carbocycles. The Morgan fingerprint density at radius 3 is 2.38 bits per heavy atom. The van der Waals surface area contributed by atoms with E-state index in [0.717, 1.165) is 10.8 Å². The molecule has 2 saturated heterocycles. The maximum absolute atomic E-state index is 13.2. The molecule has 13 heteroatoms. The zero-order valence-electron chi connectivity index (χ0n) is 18.5. The zero-order chi connectivity index (χ0) is 25.4. The van der Waals surface area contributed by atoms with Crippen molar-refractivity contribution in [1.82, 2.24) is 10.2 Å². The van der Waals surface area contributed by atoms with Crippen molar-refractivity contribution in [1.29, 1.82) is 0 Å². The summed E-state index contributed by atoms with van der Waals surface area (Å²) in [6.45, 7) is 5.85. The van der Waals surface area contributed by atoms with Gasteiger partial charge in [0, 0.05) is 4.75 Å². The first kappa shape index (κ1) is 25.7. The van der Waals surface area contributed by atoms with Gasteiger partial charge in [-0.3, -0.25) is 18.7 Å². The summed E-state index contributed by atoms with van der Waals surface area (Å²) in [5.41, 5.74) is 0.383. The number of amides is 2. The molecule has 0 spiro atoms. The van der Waals surface area contributed by atoms with Crippen molar-refractivity contribution >= 4 is 50.7 Å². The molecule has 2 aromatic carbocycles. The van der Waals surface area contributed by atoms with Gasteiger partial charge >= 0.3 is 16.4 Å². The molecular weight excluding hydrogens is 488 g/mol. The van der Waals surface area contributed by atoms with Gasteiger partial charge in [0.25, 0.3) is 5.91 Å². The van der Waals surface area contributed by atoms with Crippen molar-refractivity contribution in [2.45, 2.75) is 43.0 Å². The van der Waals surface area contributed by atoms with Crippen LogP contribution in [0.2, 0.25) is 0 Å². The van der Waals surface area contributed by atoms with E-state index in [9.17, 15) is 19.5 Å². The summed E-state index contributed by atoms with van der Waals surface area (Å²) in [5, 5.41) is 13.6. The fourth-order valence-electron chi connectivity index (χ4n) is 4.12. The SMILES string of the molecule is CCOc1ccc2ccccc2c1C(=O)N[C@@H]1C(=O)N2[C@@H]1SC(C)(C)[C@@H]2C(=O)O.O=S(=O)(O)O. The number of carboxylic acid groups (broad SMARTS) is 1. The normalized spacial score (nSPS) is 22.8. The van der Waals surface area contributed by atoms with Crippen LogP contribution in [0.3, 0.4) is 0 Å². The summed E-state index contributed by atoms with van der Waals surface area (Å²) in [6, 6.07) is 9.46. The standard InChI is InChI=1S/C21H22N2O5S.H2O4S/c1-4-28-13-10-9-11-7-5-6-8-12(11)14(13)17(24)22-15-18(25)23-16(20(26)27)21(2,3)29-19(15)23;1-5(2,3)4/h5-10,15-16,19H,4H2,1-3H3,(H,22,24)(H,26,27);(H2,1,2,3,4)/t15-,16+,19-;/m1./s1. The minimum absolute atomic E-state index is 0.368. The molecule has 34 heavy (non-hydrogen) atoms. The molecule has 0 unspecified atom stereocenters. The number of carbonyl (C=O) groups excluding carboxylic acids is 2. The molecule has 2 aliphatic rings. The average Bonchev–Trinajstić information content (AvgIpc) is 2.98. The van der Waals surface area contributed by atoms with Gasteiger partial charge in [0.2, 0.25) is 5.91 Å². The number of nitrogens with one attached hydrogen (secondary N) is 1. The van der Waals surface area contributed by atoms with Gasteiger partial charge in [-0.2, -0.15) is 8.42 Å². The second-order valence-electron chi connectivity index (χ2n) is 8.09. The van der Waals surface area contributed by atoms with E-state index in [-0.39, 0.29) is 5.91 Å². The van der Waals surface area contributed by atoms with Crippen molar-refractivity contribution in [3.63, 3.8) is 0 Å². The van der Waals surface area contributed by atoms with Gasteiger partial charge in [-0.25, -0.2) is 4.79 Å². The van der Waals surface area contributed by atoms with Gasteiger partial charge in [-0.15, -0.1) is 11.8 Å². The highest BCUT2D eigenvalue weighted by atomic mass is 32.3. The third kappa shape index (κ3) is 5.12. The Bertz CT molecular complexity index is 1240. The van der Waals surface area contributed by atoms with Gasteiger partial charge < -0.3 is 20.1 Å². The number of thioether (sulfide) groups is 1. The fraction of sp³-hybridized carbons (Fsp3) is 0.381. The molecule has 0 bridgehead atoms. The topological polar surface area (TPSA) is 171 Å². The third-order valence-electron chi connectivity index (χ3n) is 5.38. The lowest BCUT2D eigenvalue weighted by atomic mass is 9.95. The predicted octanol–water partition coefficient (Wildman–Crippen LogP) is 1.83. The molecule has 2 aliphatic heterocycles. The number of aliphatic carboxylic acids is 1. The smallest absolute Gasteiger partial charge is 0.394 e. The Kier molecular flexibility index (Phi) is 7.12. The molecule has 0 radical (unpaired) electrons. The molecule has 2 aromatic rings. The van der Waals surface area contributed by atoms with Crippen molar-refractivity contribution in [2.75, 3.05) is 6.61 Å². The number of hydrogen-bond acceptors (Lipinski definition) is 7. The van der Waals surface area contributed by atoms with Crippen molar-refractivity contribution < 1.29 is 41.8 Å². The Morgan fingerprint density at radius 2 is 1.79 bits per heavy atom. The van der Waals surface area contributed by atoms with Gasteiger partial charge in [-0.05, 0) is 37.6 Å². The first-order valence-electron chi connectivity index (χ1n) is 10.1. The maximum atomic E-state index is 13.2. The number of fused-ring (bicyclic) bond motifs is 2. The van der Waals surface area contributed by atoms with Crippen LogP contribution in [0.1, 0.15) is 31.1 Å². The van der Waals surface area contributed by atoms with E-state index in [4.69, 9.17) is 22.3 Å². The zero-order valence-corrected chi connectivity index (χ0v) is 20.1. The van der Waals surface area contributed by atoms with Crippen LogP contribution in [0.5, 0.6) is 5.75 Å². The monoisotopic (exact) mass is 512 g/mol. The van der Waals surface area contributed by atoms with E-state index in [0.29, 0.717) is 17.9 Å². The van der Waals surface area contributed by atoms with Crippen LogP contribution in [0.25, 0.3) is 10.8 Å². The number of carbonyl (C=O) groups is 3. The van der Waals surface area contributed by atoms with E-state index < -0.39 is 44.5 Å². The van der Waals surface area contributed by atoms with Crippen LogP contribution in [0.15, 0.2) is 36.4 Å². The molecule has 0 aromatic heterocycles. The number of hydrogen-bond donors (Lipinski definition) is 4. The molecule has 184 valence electrons. The van der Waals surface area contributed by atoms with Crippen molar-refractivity contribution in [3.8, 4) is 5.75 Å².